The number of hydrogen-bond acceptors (Lipinski definition) is 8. The van der Waals surface area contributed by atoms with E-state index in [-0.39, 0.29) is 36.3 Å². The van der Waals surface area contributed by atoms with Crippen LogP contribution in [0.1, 0.15) is 46.0 Å². The second-order valence-corrected chi connectivity index (χ2v) is 8.15. The molecule has 2 aliphatic heterocycles. The van der Waals surface area contributed by atoms with Crippen molar-refractivity contribution in [2.75, 3.05) is 31.6 Å². The number of ether oxygens (including phenoxy) is 1. The number of alkyl halides is 3. The van der Waals surface area contributed by atoms with Crippen LogP contribution in [0.25, 0.3) is 0 Å². The highest BCUT2D eigenvalue weighted by Gasteiger charge is 2.34. The molecular weight excluding hydrogens is 473 g/mol. The molecule has 0 bridgehead atoms. The first-order valence-corrected chi connectivity index (χ1v) is 10.7. The van der Waals surface area contributed by atoms with Gasteiger partial charge in [0.25, 0.3) is 5.69 Å². The van der Waals surface area contributed by atoms with E-state index >= 15 is 0 Å². The highest BCUT2D eigenvalue weighted by Crippen LogP contribution is 2.35. The molecule has 4 rings (SSSR count). The molecule has 0 aliphatic carbocycles. The number of nitro groups is 1. The first-order valence-electron chi connectivity index (χ1n) is 10.7. The Kier molecular flexibility index (Phi) is 6.56. The maximum atomic E-state index is 13.3. The summed E-state index contributed by atoms with van der Waals surface area (Å²) in [7, 11) is 0. The topological polar surface area (TPSA) is 131 Å². The van der Waals surface area contributed by atoms with Gasteiger partial charge in [-0.15, -0.1) is 0 Å². The van der Waals surface area contributed by atoms with E-state index < -0.39 is 28.4 Å². The van der Waals surface area contributed by atoms with E-state index in [2.05, 4.69) is 15.3 Å². The number of fused-ring (bicyclic) bond motifs is 1. The number of benzene rings is 1. The molecule has 186 valence electrons. The van der Waals surface area contributed by atoms with Crippen LogP contribution in [0, 0.1) is 10.1 Å². The Hall–Kier alpha value is -3.81. The average molecular weight is 494 g/mol. The first-order chi connectivity index (χ1) is 16.6. The first kappa shape index (κ1) is 24.3. The van der Waals surface area contributed by atoms with Gasteiger partial charge in [0, 0.05) is 30.8 Å². The number of aldehydes is 1. The van der Waals surface area contributed by atoms with Crippen LogP contribution in [0.15, 0.2) is 18.2 Å². The van der Waals surface area contributed by atoms with Gasteiger partial charge in [-0.25, -0.2) is 14.8 Å². The summed E-state index contributed by atoms with van der Waals surface area (Å²) in [6, 6.07) is 1.26. The minimum atomic E-state index is -4.78. The number of morpholine rings is 1. The molecule has 0 spiro atoms. The van der Waals surface area contributed by atoms with Gasteiger partial charge in [0.15, 0.2) is 12.1 Å². The van der Waals surface area contributed by atoms with Crippen LogP contribution >= 0.6 is 0 Å². The lowest BCUT2D eigenvalue weighted by atomic mass is 10.0. The van der Waals surface area contributed by atoms with Crippen LogP contribution in [0.5, 0.6) is 0 Å². The number of nitrogens with one attached hydrogen (secondary N) is 1. The molecule has 11 nitrogen and oxygen atoms in total. The molecule has 2 aromatic rings. The van der Waals surface area contributed by atoms with Gasteiger partial charge in [-0.3, -0.25) is 14.9 Å². The van der Waals surface area contributed by atoms with E-state index in [0.717, 1.165) is 12.1 Å². The minimum absolute atomic E-state index is 0.00536. The van der Waals surface area contributed by atoms with Crippen molar-refractivity contribution in [1.82, 2.24) is 19.8 Å². The maximum Gasteiger partial charge on any atom is 0.416 e. The van der Waals surface area contributed by atoms with Crippen molar-refractivity contribution in [2.45, 2.75) is 32.2 Å². The Bertz CT molecular complexity index is 1170. The standard InChI is InChI=1S/C21H21F3N6O5/c1-12(13-6-14(21(22,23)24)8-15(7-13)30(33)34)25-19-16-9-29(10-17(16)26-18(11-31)27-19)20(32)28-2-4-35-5-3-28/h6-8,11-12H,2-5,9-10H2,1H3,(H,25,26,27)/t12-/m1/s1. The van der Waals surface area contributed by atoms with Crippen LogP contribution in [0.2, 0.25) is 0 Å². The summed E-state index contributed by atoms with van der Waals surface area (Å²) in [5.74, 6) is 0.0103. The van der Waals surface area contributed by atoms with Crippen molar-refractivity contribution in [3.05, 3.63) is 56.5 Å². The maximum absolute atomic E-state index is 13.3. The lowest BCUT2D eigenvalue weighted by Crippen LogP contribution is -2.46. The lowest BCUT2D eigenvalue weighted by molar-refractivity contribution is -0.385. The van der Waals surface area contributed by atoms with Gasteiger partial charge in [-0.2, -0.15) is 13.2 Å². The molecule has 0 radical (unpaired) electrons. The average Bonchev–Trinajstić information content (AvgIpc) is 3.27. The molecule has 35 heavy (non-hydrogen) atoms. The SMILES string of the molecule is C[C@@H](Nc1nc(C=O)nc2c1CN(C(=O)N1CCOCC1)C2)c1cc([N+](=O)[O-])cc(C(F)(F)F)c1. The number of carbonyl (C=O) groups is 2. The summed E-state index contributed by atoms with van der Waals surface area (Å²) >= 11 is 0. The summed E-state index contributed by atoms with van der Waals surface area (Å²) in [5, 5.41) is 14.1. The summed E-state index contributed by atoms with van der Waals surface area (Å²) in [4.78, 5) is 46.1. The van der Waals surface area contributed by atoms with E-state index in [1.54, 1.807) is 4.90 Å². The number of hydrogen-bond donors (Lipinski definition) is 1. The highest BCUT2D eigenvalue weighted by molar-refractivity contribution is 5.76. The predicted molar refractivity (Wildman–Crippen MR) is 115 cm³/mol. The largest absolute Gasteiger partial charge is 0.416 e. The van der Waals surface area contributed by atoms with Gasteiger partial charge in [0.2, 0.25) is 0 Å². The summed E-state index contributed by atoms with van der Waals surface area (Å²) in [6.07, 6.45) is -4.35. The van der Waals surface area contributed by atoms with Gasteiger partial charge in [0.05, 0.1) is 48.5 Å². The quantitative estimate of drug-likeness (QED) is 0.381. The fourth-order valence-electron chi connectivity index (χ4n) is 3.98. The van der Waals surface area contributed by atoms with E-state index in [0.29, 0.717) is 49.9 Å². The van der Waals surface area contributed by atoms with Crippen LogP contribution in [-0.2, 0) is 24.0 Å². The molecule has 1 aromatic heterocycles. The van der Waals surface area contributed by atoms with Crippen LogP contribution < -0.4 is 5.32 Å². The van der Waals surface area contributed by atoms with Crippen molar-refractivity contribution >= 4 is 23.8 Å². The Morgan fingerprint density at radius 2 is 1.91 bits per heavy atom. The third-order valence-corrected chi connectivity index (χ3v) is 5.79. The second kappa shape index (κ2) is 9.44. The number of carbonyl (C=O) groups excluding carboxylic acids is 2. The molecule has 1 atom stereocenters. The third kappa shape index (κ3) is 5.16. The number of nitro benzene ring substituents is 1. The smallest absolute Gasteiger partial charge is 0.378 e. The van der Waals surface area contributed by atoms with Crippen molar-refractivity contribution in [3.63, 3.8) is 0 Å². The van der Waals surface area contributed by atoms with Gasteiger partial charge < -0.3 is 19.9 Å². The van der Waals surface area contributed by atoms with Crippen LogP contribution in [0.4, 0.5) is 29.5 Å². The monoisotopic (exact) mass is 494 g/mol. The minimum Gasteiger partial charge on any atom is -0.378 e. The zero-order valence-electron chi connectivity index (χ0n) is 18.5. The molecule has 1 saturated heterocycles. The van der Waals surface area contributed by atoms with Crippen LogP contribution in [0.3, 0.4) is 0 Å². The predicted octanol–water partition coefficient (Wildman–Crippen LogP) is 3.16. The molecular formula is C21H21F3N6O5. The van der Waals surface area contributed by atoms with E-state index in [4.69, 9.17) is 4.74 Å². The van der Waals surface area contributed by atoms with Gasteiger partial charge >= 0.3 is 12.2 Å². The zero-order valence-corrected chi connectivity index (χ0v) is 18.5. The molecule has 1 fully saturated rings. The number of amides is 2. The molecule has 1 aromatic carbocycles. The van der Waals surface area contributed by atoms with E-state index in [1.807, 2.05) is 0 Å². The molecule has 3 heterocycles. The number of halogens is 3. The van der Waals surface area contributed by atoms with Gasteiger partial charge in [-0.05, 0) is 18.6 Å². The Labute approximate surface area is 197 Å². The van der Waals surface area contributed by atoms with E-state index in [1.165, 1.54) is 11.8 Å². The normalized spacial score (nSPS) is 16.6. The number of rotatable bonds is 5. The highest BCUT2D eigenvalue weighted by atomic mass is 19.4. The van der Waals surface area contributed by atoms with Crippen molar-refractivity contribution in [3.8, 4) is 0 Å². The lowest BCUT2D eigenvalue weighted by Gasteiger charge is -2.30. The molecule has 1 N–H and O–H groups in total. The fraction of sp³-hybridized carbons (Fsp3) is 0.429. The van der Waals surface area contributed by atoms with Crippen molar-refractivity contribution in [2.24, 2.45) is 0 Å². The number of nitrogens with zero attached hydrogens (tertiary/aromatic N) is 5. The van der Waals surface area contributed by atoms with Crippen molar-refractivity contribution < 1.29 is 32.4 Å². The third-order valence-electron chi connectivity index (χ3n) is 5.79. The summed E-state index contributed by atoms with van der Waals surface area (Å²) in [6.45, 7) is 3.50. The van der Waals surface area contributed by atoms with Gasteiger partial charge in [-0.1, -0.05) is 0 Å². The second-order valence-electron chi connectivity index (χ2n) is 8.15. The number of urea groups is 1. The number of non-ortho nitro benzene ring substituents is 1. The number of anilines is 1. The Balaban J connectivity index is 1.62. The zero-order chi connectivity index (χ0) is 25.3. The molecule has 0 saturated carbocycles. The number of aromatic nitrogens is 2. The Morgan fingerprint density at radius 3 is 2.54 bits per heavy atom. The van der Waals surface area contributed by atoms with Gasteiger partial charge in [0.1, 0.15) is 5.82 Å². The molecule has 14 heteroatoms. The molecule has 2 amide bonds. The van der Waals surface area contributed by atoms with Crippen molar-refractivity contribution in [1.29, 1.82) is 0 Å². The van der Waals surface area contributed by atoms with Crippen LogP contribution in [-0.4, -0.2) is 63.3 Å². The Morgan fingerprint density at radius 1 is 1.20 bits per heavy atom. The molecule has 0 unspecified atom stereocenters. The molecule has 2 aliphatic rings. The summed E-state index contributed by atoms with van der Waals surface area (Å²) < 4.78 is 45.2. The fourth-order valence-corrected chi connectivity index (χ4v) is 3.98. The van der Waals surface area contributed by atoms with E-state index in [9.17, 15) is 32.9 Å². The summed E-state index contributed by atoms with van der Waals surface area (Å²) in [5.41, 5.74) is -0.892.